The van der Waals surface area contributed by atoms with Gasteiger partial charge in [0.2, 0.25) is 0 Å². The van der Waals surface area contributed by atoms with Gasteiger partial charge in [-0.2, -0.15) is 0 Å². The SMILES string of the molecule is COC(=O)c1c(C)c(C(=O)CN(CCN2CCOCC2)C(=O)c2ccccc2)c(C)n1C. The van der Waals surface area contributed by atoms with Crippen molar-refractivity contribution in [2.75, 3.05) is 53.0 Å². The molecule has 1 saturated heterocycles. The largest absolute Gasteiger partial charge is 0.464 e. The van der Waals surface area contributed by atoms with E-state index in [-0.39, 0.29) is 18.2 Å². The molecular formula is C24H31N3O5. The summed E-state index contributed by atoms with van der Waals surface area (Å²) in [5.41, 5.74) is 2.60. The molecule has 1 aromatic heterocycles. The van der Waals surface area contributed by atoms with Crippen LogP contribution in [-0.4, -0.2) is 85.1 Å². The van der Waals surface area contributed by atoms with E-state index in [0.29, 0.717) is 54.4 Å². The molecule has 1 aliphatic heterocycles. The van der Waals surface area contributed by atoms with Gasteiger partial charge in [-0.3, -0.25) is 14.5 Å². The first-order chi connectivity index (χ1) is 15.3. The van der Waals surface area contributed by atoms with E-state index in [9.17, 15) is 14.4 Å². The average molecular weight is 442 g/mol. The number of benzene rings is 1. The Morgan fingerprint density at radius 1 is 1.09 bits per heavy atom. The van der Waals surface area contributed by atoms with Crippen LogP contribution in [0.25, 0.3) is 0 Å². The third-order valence-electron chi connectivity index (χ3n) is 6.02. The summed E-state index contributed by atoms with van der Waals surface area (Å²) < 4.78 is 11.9. The number of esters is 1. The van der Waals surface area contributed by atoms with Gasteiger partial charge in [0.05, 0.1) is 26.9 Å². The molecular weight excluding hydrogens is 410 g/mol. The lowest BCUT2D eigenvalue weighted by Gasteiger charge is -2.30. The predicted molar refractivity (Wildman–Crippen MR) is 120 cm³/mol. The molecule has 3 rings (SSSR count). The summed E-state index contributed by atoms with van der Waals surface area (Å²) in [5.74, 6) is -0.875. The summed E-state index contributed by atoms with van der Waals surface area (Å²) in [5, 5.41) is 0. The van der Waals surface area contributed by atoms with E-state index < -0.39 is 5.97 Å². The summed E-state index contributed by atoms with van der Waals surface area (Å²) in [6.07, 6.45) is 0. The van der Waals surface area contributed by atoms with Crippen LogP contribution in [0.5, 0.6) is 0 Å². The number of nitrogens with zero attached hydrogens (tertiary/aromatic N) is 3. The summed E-state index contributed by atoms with van der Waals surface area (Å²) in [7, 11) is 3.05. The third-order valence-corrected chi connectivity index (χ3v) is 6.02. The highest BCUT2D eigenvalue weighted by Crippen LogP contribution is 2.23. The molecule has 32 heavy (non-hydrogen) atoms. The fourth-order valence-electron chi connectivity index (χ4n) is 4.13. The maximum atomic E-state index is 13.4. The van der Waals surface area contributed by atoms with Gasteiger partial charge in [0.25, 0.3) is 5.91 Å². The molecule has 0 saturated carbocycles. The zero-order valence-electron chi connectivity index (χ0n) is 19.2. The fourth-order valence-corrected chi connectivity index (χ4v) is 4.13. The normalized spacial score (nSPS) is 14.2. The number of rotatable bonds is 8. The van der Waals surface area contributed by atoms with E-state index in [0.717, 1.165) is 13.1 Å². The van der Waals surface area contributed by atoms with Crippen LogP contribution in [0.4, 0.5) is 0 Å². The number of ketones is 1. The van der Waals surface area contributed by atoms with Crippen LogP contribution in [-0.2, 0) is 16.5 Å². The number of Topliss-reactive ketones (excluding diaryl/α,β-unsaturated/α-hetero) is 1. The minimum atomic E-state index is -0.489. The van der Waals surface area contributed by atoms with Crippen molar-refractivity contribution < 1.29 is 23.9 Å². The first kappa shape index (κ1) is 23.7. The number of aromatic nitrogens is 1. The van der Waals surface area contributed by atoms with Crippen LogP contribution < -0.4 is 0 Å². The Bertz CT molecular complexity index is 977. The van der Waals surface area contributed by atoms with Gasteiger partial charge in [0, 0.05) is 50.0 Å². The number of carbonyl (C=O) groups is 3. The Labute approximate surface area is 188 Å². The number of hydrogen-bond acceptors (Lipinski definition) is 6. The van der Waals surface area contributed by atoms with Crippen LogP contribution in [0.3, 0.4) is 0 Å². The van der Waals surface area contributed by atoms with E-state index >= 15 is 0 Å². The summed E-state index contributed by atoms with van der Waals surface area (Å²) in [6.45, 7) is 7.51. The fraction of sp³-hybridized carbons (Fsp3) is 0.458. The van der Waals surface area contributed by atoms with E-state index in [4.69, 9.17) is 9.47 Å². The minimum absolute atomic E-state index is 0.0651. The highest BCUT2D eigenvalue weighted by Gasteiger charge is 2.28. The van der Waals surface area contributed by atoms with Gasteiger partial charge >= 0.3 is 5.97 Å². The Balaban J connectivity index is 1.84. The zero-order chi connectivity index (χ0) is 23.3. The second-order valence-corrected chi connectivity index (χ2v) is 7.95. The topological polar surface area (TPSA) is 81.1 Å². The molecule has 172 valence electrons. The van der Waals surface area contributed by atoms with Crippen molar-refractivity contribution in [2.24, 2.45) is 7.05 Å². The lowest BCUT2D eigenvalue weighted by atomic mass is 10.0. The maximum Gasteiger partial charge on any atom is 0.354 e. The first-order valence-corrected chi connectivity index (χ1v) is 10.8. The molecule has 0 unspecified atom stereocenters. The molecule has 0 bridgehead atoms. The number of morpholine rings is 1. The standard InChI is InChI=1S/C24H31N3O5/c1-17-21(18(2)25(3)22(17)24(30)31-4)20(28)16-27(11-10-26-12-14-32-15-13-26)23(29)19-8-6-5-7-9-19/h5-9H,10-16H2,1-4H3. The molecule has 2 aromatic rings. The van der Waals surface area contributed by atoms with Gasteiger partial charge in [0.1, 0.15) is 5.69 Å². The lowest BCUT2D eigenvalue weighted by molar-refractivity contribution is 0.0323. The number of amides is 1. The van der Waals surface area contributed by atoms with Crippen LogP contribution in [0.2, 0.25) is 0 Å². The zero-order valence-corrected chi connectivity index (χ0v) is 19.2. The molecule has 0 spiro atoms. The molecule has 0 aliphatic carbocycles. The van der Waals surface area contributed by atoms with Crippen molar-refractivity contribution in [1.29, 1.82) is 0 Å². The molecule has 0 N–H and O–H groups in total. The predicted octanol–water partition coefficient (Wildman–Crippen LogP) is 2.09. The smallest absolute Gasteiger partial charge is 0.354 e. The van der Waals surface area contributed by atoms with E-state index in [1.807, 2.05) is 18.2 Å². The van der Waals surface area contributed by atoms with Crippen molar-refractivity contribution in [3.05, 3.63) is 58.4 Å². The highest BCUT2D eigenvalue weighted by atomic mass is 16.5. The number of carbonyl (C=O) groups excluding carboxylic acids is 3. The van der Waals surface area contributed by atoms with E-state index in [1.165, 1.54) is 7.11 Å². The van der Waals surface area contributed by atoms with Crippen molar-refractivity contribution in [2.45, 2.75) is 13.8 Å². The Kier molecular flexibility index (Phi) is 7.82. The molecule has 8 heteroatoms. The molecule has 1 aromatic carbocycles. The summed E-state index contributed by atoms with van der Waals surface area (Å²) in [4.78, 5) is 42.6. The van der Waals surface area contributed by atoms with Crippen LogP contribution in [0, 0.1) is 13.8 Å². The highest BCUT2D eigenvalue weighted by molar-refractivity contribution is 6.06. The Morgan fingerprint density at radius 2 is 1.75 bits per heavy atom. The van der Waals surface area contributed by atoms with E-state index in [1.54, 1.807) is 42.5 Å². The average Bonchev–Trinajstić information content (AvgIpc) is 3.04. The van der Waals surface area contributed by atoms with Crippen molar-refractivity contribution >= 4 is 17.7 Å². The molecule has 0 atom stereocenters. The van der Waals surface area contributed by atoms with Crippen LogP contribution in [0.15, 0.2) is 30.3 Å². The van der Waals surface area contributed by atoms with Gasteiger partial charge in [0.15, 0.2) is 5.78 Å². The summed E-state index contributed by atoms with van der Waals surface area (Å²) in [6, 6.07) is 8.98. The number of ether oxygens (including phenoxy) is 2. The van der Waals surface area contributed by atoms with Gasteiger partial charge in [-0.25, -0.2) is 4.79 Å². The molecule has 1 aliphatic rings. The van der Waals surface area contributed by atoms with Crippen molar-refractivity contribution in [3.8, 4) is 0 Å². The van der Waals surface area contributed by atoms with Gasteiger partial charge in [-0.15, -0.1) is 0 Å². The summed E-state index contributed by atoms with van der Waals surface area (Å²) >= 11 is 0. The van der Waals surface area contributed by atoms with Crippen LogP contribution >= 0.6 is 0 Å². The third kappa shape index (κ3) is 5.08. The van der Waals surface area contributed by atoms with E-state index in [2.05, 4.69) is 4.90 Å². The second-order valence-electron chi connectivity index (χ2n) is 7.95. The number of methoxy groups -OCH3 is 1. The molecule has 0 radical (unpaired) electrons. The van der Waals surface area contributed by atoms with Crippen LogP contribution in [0.1, 0.15) is 42.5 Å². The molecule has 2 heterocycles. The maximum absolute atomic E-state index is 13.4. The van der Waals surface area contributed by atoms with Crippen molar-refractivity contribution in [3.63, 3.8) is 0 Å². The van der Waals surface area contributed by atoms with Crippen molar-refractivity contribution in [1.82, 2.24) is 14.4 Å². The first-order valence-electron chi connectivity index (χ1n) is 10.8. The van der Waals surface area contributed by atoms with Gasteiger partial charge < -0.3 is 18.9 Å². The molecule has 1 fully saturated rings. The van der Waals surface area contributed by atoms with Gasteiger partial charge in [-0.1, -0.05) is 18.2 Å². The monoisotopic (exact) mass is 441 g/mol. The van der Waals surface area contributed by atoms with Gasteiger partial charge in [-0.05, 0) is 31.5 Å². The quantitative estimate of drug-likeness (QED) is 0.461. The Morgan fingerprint density at radius 3 is 2.38 bits per heavy atom. The minimum Gasteiger partial charge on any atom is -0.464 e. The Hall–Kier alpha value is -2.97. The molecule has 1 amide bonds. The second kappa shape index (κ2) is 10.6. The number of hydrogen-bond donors (Lipinski definition) is 0. The lowest BCUT2D eigenvalue weighted by Crippen LogP contribution is -2.44. The molecule has 8 nitrogen and oxygen atoms in total.